The first-order valence-corrected chi connectivity index (χ1v) is 9.16. The zero-order chi connectivity index (χ0) is 19.5. The zero-order valence-corrected chi connectivity index (χ0v) is 16.6. The normalized spacial score (nSPS) is 17.3. The van der Waals surface area contributed by atoms with Gasteiger partial charge in [0.2, 0.25) is 11.8 Å². The van der Waals surface area contributed by atoms with Crippen LogP contribution in [-0.4, -0.2) is 47.8 Å². The molecule has 2 rings (SSSR count). The minimum absolute atomic E-state index is 0.0108. The summed E-state index contributed by atoms with van der Waals surface area (Å²) < 4.78 is 0. The monoisotopic (exact) mass is 399 g/mol. The highest BCUT2D eigenvalue weighted by atomic mass is 35.5. The summed E-state index contributed by atoms with van der Waals surface area (Å²) in [6.45, 7) is 6.79. The van der Waals surface area contributed by atoms with Gasteiger partial charge in [-0.15, -0.1) is 0 Å². The Morgan fingerprint density at radius 3 is 2.42 bits per heavy atom. The molecule has 0 radical (unpaired) electrons. The van der Waals surface area contributed by atoms with E-state index in [0.717, 1.165) is 0 Å². The van der Waals surface area contributed by atoms with Crippen LogP contribution in [-0.2, 0) is 9.59 Å². The third-order valence-corrected chi connectivity index (χ3v) is 4.74. The van der Waals surface area contributed by atoms with Crippen LogP contribution in [0, 0.1) is 5.92 Å². The second-order valence-corrected chi connectivity index (χ2v) is 8.09. The van der Waals surface area contributed by atoms with E-state index in [1.54, 1.807) is 17.0 Å². The molecule has 1 atom stereocenters. The fraction of sp³-hybridized carbons (Fsp3) is 0.500. The Bertz CT molecular complexity index is 716. The number of rotatable bonds is 5. The van der Waals surface area contributed by atoms with Gasteiger partial charge in [-0.25, -0.2) is 0 Å². The van der Waals surface area contributed by atoms with Gasteiger partial charge in [-0.2, -0.15) is 0 Å². The number of likely N-dealkylation sites (tertiary alicyclic amines) is 1. The third kappa shape index (κ3) is 5.11. The number of nitrogens with zero attached hydrogens (tertiary/aromatic N) is 1. The van der Waals surface area contributed by atoms with Gasteiger partial charge in [-0.05, 0) is 39.0 Å². The van der Waals surface area contributed by atoms with Gasteiger partial charge in [0.05, 0.1) is 16.5 Å². The largest absolute Gasteiger partial charge is 0.354 e. The topological polar surface area (TPSA) is 78.5 Å². The van der Waals surface area contributed by atoms with Crippen LogP contribution in [0.3, 0.4) is 0 Å². The molecule has 1 unspecified atom stereocenters. The van der Waals surface area contributed by atoms with Gasteiger partial charge < -0.3 is 15.5 Å². The first-order valence-electron chi connectivity index (χ1n) is 8.41. The van der Waals surface area contributed by atoms with Crippen LogP contribution in [0.5, 0.6) is 0 Å². The van der Waals surface area contributed by atoms with Crippen molar-refractivity contribution in [2.75, 3.05) is 19.6 Å². The molecule has 1 aliphatic rings. The van der Waals surface area contributed by atoms with Crippen LogP contribution in [0.4, 0.5) is 0 Å². The molecule has 0 saturated carbocycles. The highest BCUT2D eigenvalue weighted by molar-refractivity contribution is 6.36. The van der Waals surface area contributed by atoms with Crippen LogP contribution in [0.2, 0.25) is 10.0 Å². The van der Waals surface area contributed by atoms with E-state index < -0.39 is 0 Å². The zero-order valence-electron chi connectivity index (χ0n) is 15.1. The summed E-state index contributed by atoms with van der Waals surface area (Å²) in [5, 5.41) is 6.17. The van der Waals surface area contributed by atoms with Gasteiger partial charge in [-0.3, -0.25) is 14.4 Å². The summed E-state index contributed by atoms with van der Waals surface area (Å²) >= 11 is 11.8. The Hall–Kier alpha value is -1.79. The van der Waals surface area contributed by atoms with Gasteiger partial charge in [-0.1, -0.05) is 23.2 Å². The molecule has 1 heterocycles. The predicted octanol–water partition coefficient (Wildman–Crippen LogP) is 2.49. The van der Waals surface area contributed by atoms with Crippen molar-refractivity contribution in [3.05, 3.63) is 33.8 Å². The van der Waals surface area contributed by atoms with E-state index in [1.165, 1.54) is 6.07 Å². The molecule has 0 bridgehead atoms. The minimum atomic E-state index is -0.358. The quantitative estimate of drug-likeness (QED) is 0.746. The molecule has 8 heteroatoms. The van der Waals surface area contributed by atoms with Gasteiger partial charge in [0.1, 0.15) is 0 Å². The van der Waals surface area contributed by atoms with Crippen molar-refractivity contribution in [1.29, 1.82) is 0 Å². The molecule has 1 aliphatic heterocycles. The highest BCUT2D eigenvalue weighted by Crippen LogP contribution is 2.25. The van der Waals surface area contributed by atoms with Crippen molar-refractivity contribution < 1.29 is 14.4 Å². The fourth-order valence-corrected chi connectivity index (χ4v) is 3.30. The fourth-order valence-electron chi connectivity index (χ4n) is 2.81. The average molecular weight is 400 g/mol. The molecule has 3 amide bonds. The lowest BCUT2D eigenvalue weighted by molar-refractivity contribution is -0.132. The van der Waals surface area contributed by atoms with E-state index >= 15 is 0 Å². The summed E-state index contributed by atoms with van der Waals surface area (Å²) in [5.41, 5.74) is 0.0300. The first kappa shape index (κ1) is 20.5. The standard InChI is InChI=1S/C18H23Cl2N3O3/c1-18(2,3)23-10-11(8-15(23)24)16(25)21-6-7-22-17(26)13-5-4-12(19)9-14(13)20/h4-5,9,11H,6-8,10H2,1-3H3,(H,21,25)(H,22,26). The number of hydrogen-bond acceptors (Lipinski definition) is 3. The summed E-state index contributed by atoms with van der Waals surface area (Å²) in [4.78, 5) is 38.1. The van der Waals surface area contributed by atoms with Gasteiger partial charge >= 0.3 is 0 Å². The van der Waals surface area contributed by atoms with E-state index in [9.17, 15) is 14.4 Å². The lowest BCUT2D eigenvalue weighted by Crippen LogP contribution is -2.43. The summed E-state index contributed by atoms with van der Waals surface area (Å²) in [6.07, 6.45) is 0.218. The number of nitrogens with one attached hydrogen (secondary N) is 2. The van der Waals surface area contributed by atoms with E-state index in [4.69, 9.17) is 23.2 Å². The molecule has 1 fully saturated rings. The van der Waals surface area contributed by atoms with Crippen LogP contribution in [0.1, 0.15) is 37.6 Å². The maximum absolute atomic E-state index is 12.2. The van der Waals surface area contributed by atoms with Crippen LogP contribution in [0.25, 0.3) is 0 Å². The number of benzene rings is 1. The van der Waals surface area contributed by atoms with Crippen molar-refractivity contribution in [2.24, 2.45) is 5.92 Å². The molecule has 1 aromatic carbocycles. The molecule has 2 N–H and O–H groups in total. The summed E-state index contributed by atoms with van der Waals surface area (Å²) in [7, 11) is 0. The van der Waals surface area contributed by atoms with Crippen LogP contribution < -0.4 is 10.6 Å². The molecule has 1 aromatic rings. The molecule has 0 aliphatic carbocycles. The van der Waals surface area contributed by atoms with E-state index in [2.05, 4.69) is 10.6 Å². The number of carbonyl (C=O) groups excluding carboxylic acids is 3. The minimum Gasteiger partial charge on any atom is -0.354 e. The first-order chi connectivity index (χ1) is 12.1. The number of carbonyl (C=O) groups is 3. The summed E-state index contributed by atoms with van der Waals surface area (Å²) in [5.74, 6) is -0.883. The molecule has 0 aromatic heterocycles. The molecule has 6 nitrogen and oxygen atoms in total. The third-order valence-electron chi connectivity index (χ3n) is 4.19. The molecule has 0 spiro atoms. The average Bonchev–Trinajstić information content (AvgIpc) is 2.93. The maximum atomic E-state index is 12.2. The van der Waals surface area contributed by atoms with Crippen molar-refractivity contribution in [1.82, 2.24) is 15.5 Å². The van der Waals surface area contributed by atoms with E-state index in [1.807, 2.05) is 20.8 Å². The maximum Gasteiger partial charge on any atom is 0.252 e. The second kappa shape index (κ2) is 8.27. The Morgan fingerprint density at radius 1 is 1.19 bits per heavy atom. The van der Waals surface area contributed by atoms with Crippen molar-refractivity contribution in [3.63, 3.8) is 0 Å². The Kier molecular flexibility index (Phi) is 6.53. The second-order valence-electron chi connectivity index (χ2n) is 7.25. The predicted molar refractivity (Wildman–Crippen MR) is 101 cm³/mol. The molecule has 26 heavy (non-hydrogen) atoms. The summed E-state index contributed by atoms with van der Waals surface area (Å²) in [6, 6.07) is 4.63. The van der Waals surface area contributed by atoms with E-state index in [0.29, 0.717) is 17.1 Å². The van der Waals surface area contributed by atoms with Gasteiger partial charge in [0, 0.05) is 36.6 Å². The van der Waals surface area contributed by atoms with E-state index in [-0.39, 0.29) is 53.7 Å². The number of halogens is 2. The number of hydrogen-bond donors (Lipinski definition) is 2. The number of amides is 3. The lowest BCUT2D eigenvalue weighted by atomic mass is 10.1. The lowest BCUT2D eigenvalue weighted by Gasteiger charge is -2.31. The van der Waals surface area contributed by atoms with Crippen LogP contribution in [0.15, 0.2) is 18.2 Å². The Labute approximate surface area is 163 Å². The molecular formula is C18H23Cl2N3O3. The molecular weight excluding hydrogens is 377 g/mol. The van der Waals surface area contributed by atoms with Crippen LogP contribution >= 0.6 is 23.2 Å². The Morgan fingerprint density at radius 2 is 1.85 bits per heavy atom. The van der Waals surface area contributed by atoms with Crippen molar-refractivity contribution in [3.8, 4) is 0 Å². The van der Waals surface area contributed by atoms with Gasteiger partial charge in [0.25, 0.3) is 5.91 Å². The molecule has 1 saturated heterocycles. The SMILES string of the molecule is CC(C)(C)N1CC(C(=O)NCCNC(=O)c2ccc(Cl)cc2Cl)CC1=O. The van der Waals surface area contributed by atoms with Crippen molar-refractivity contribution >= 4 is 40.9 Å². The molecule has 142 valence electrons. The Balaban J connectivity index is 1.77. The smallest absolute Gasteiger partial charge is 0.252 e. The van der Waals surface area contributed by atoms with Crippen molar-refractivity contribution in [2.45, 2.75) is 32.7 Å². The van der Waals surface area contributed by atoms with Gasteiger partial charge in [0.15, 0.2) is 0 Å². The highest BCUT2D eigenvalue weighted by Gasteiger charge is 2.39.